The summed E-state index contributed by atoms with van der Waals surface area (Å²) in [5.41, 5.74) is -0.313. The molecular formula is C11H10Br2O2. The lowest BCUT2D eigenvalue weighted by molar-refractivity contribution is 0.421. The topological polar surface area (TPSA) is 30.2 Å². The summed E-state index contributed by atoms with van der Waals surface area (Å²) in [5.74, 6) is 0.966. The number of halogens is 2. The molecule has 0 saturated heterocycles. The molecule has 4 heteroatoms. The zero-order chi connectivity index (χ0) is 10.8. The molecule has 1 aromatic heterocycles. The van der Waals surface area contributed by atoms with E-state index >= 15 is 0 Å². The molecule has 0 saturated carbocycles. The molecule has 1 aliphatic carbocycles. The summed E-state index contributed by atoms with van der Waals surface area (Å²) >= 11 is 6.57. The molecule has 1 heterocycles. The van der Waals surface area contributed by atoms with Crippen LogP contribution in [-0.2, 0) is 0 Å². The first kappa shape index (κ1) is 11.1. The fourth-order valence-corrected chi connectivity index (χ4v) is 2.94. The highest BCUT2D eigenvalue weighted by Crippen LogP contribution is 2.32. The lowest BCUT2D eigenvalue weighted by Crippen LogP contribution is -2.07. The fraction of sp³-hybridized carbons (Fsp3) is 0.364. The summed E-state index contributed by atoms with van der Waals surface area (Å²) in [5, 5.41) is 0. The van der Waals surface area contributed by atoms with Gasteiger partial charge in [-0.25, -0.2) is 4.79 Å². The molecule has 0 amide bonds. The van der Waals surface area contributed by atoms with Crippen LogP contribution in [0.3, 0.4) is 0 Å². The van der Waals surface area contributed by atoms with Crippen molar-refractivity contribution < 1.29 is 4.42 Å². The zero-order valence-corrected chi connectivity index (χ0v) is 11.2. The average Bonchev–Trinajstić information content (AvgIpc) is 2.25. The van der Waals surface area contributed by atoms with Gasteiger partial charge in [0.15, 0.2) is 0 Å². The summed E-state index contributed by atoms with van der Waals surface area (Å²) in [6.45, 7) is 0. The molecule has 1 aromatic rings. The van der Waals surface area contributed by atoms with Crippen LogP contribution < -0.4 is 5.63 Å². The van der Waals surface area contributed by atoms with Crippen molar-refractivity contribution in [3.8, 4) is 0 Å². The van der Waals surface area contributed by atoms with E-state index < -0.39 is 0 Å². The number of rotatable bonds is 1. The summed E-state index contributed by atoms with van der Waals surface area (Å²) < 4.78 is 6.59. The Morgan fingerprint density at radius 1 is 1.33 bits per heavy atom. The van der Waals surface area contributed by atoms with Crippen LogP contribution in [-0.4, -0.2) is 0 Å². The summed E-state index contributed by atoms with van der Waals surface area (Å²) in [4.78, 5) is 11.4. The number of hydrogen-bond donors (Lipinski definition) is 0. The van der Waals surface area contributed by atoms with Crippen molar-refractivity contribution in [2.45, 2.75) is 25.2 Å². The van der Waals surface area contributed by atoms with Gasteiger partial charge >= 0.3 is 5.63 Å². The molecule has 1 aliphatic rings. The lowest BCUT2D eigenvalue weighted by Gasteiger charge is -2.16. The molecule has 2 nitrogen and oxygen atoms in total. The predicted molar refractivity (Wildman–Crippen MR) is 66.1 cm³/mol. The molecule has 80 valence electrons. The second-order valence-corrected chi connectivity index (χ2v) is 5.27. The Morgan fingerprint density at radius 2 is 2.13 bits per heavy atom. The molecule has 0 N–H and O–H groups in total. The average molecular weight is 334 g/mol. The molecule has 0 radical (unpaired) electrons. The van der Waals surface area contributed by atoms with Crippen LogP contribution in [0.5, 0.6) is 0 Å². The van der Waals surface area contributed by atoms with Gasteiger partial charge < -0.3 is 4.42 Å². The van der Waals surface area contributed by atoms with Crippen LogP contribution in [0, 0.1) is 0 Å². The third-order valence-corrected chi connectivity index (χ3v) is 3.65. The normalized spacial score (nSPS) is 20.5. The minimum Gasteiger partial charge on any atom is -0.425 e. The van der Waals surface area contributed by atoms with Gasteiger partial charge in [0.1, 0.15) is 10.2 Å². The SMILES string of the molecule is O=c1oc(C2C=CCCC2)c(Br)cc1Br. The maximum Gasteiger partial charge on any atom is 0.350 e. The van der Waals surface area contributed by atoms with E-state index in [0.29, 0.717) is 4.47 Å². The molecule has 1 unspecified atom stereocenters. The van der Waals surface area contributed by atoms with Gasteiger partial charge in [-0.3, -0.25) is 0 Å². The van der Waals surface area contributed by atoms with Gasteiger partial charge in [-0.05, 0) is 57.2 Å². The van der Waals surface area contributed by atoms with Crippen LogP contribution in [0.2, 0.25) is 0 Å². The third-order valence-electron chi connectivity index (χ3n) is 2.48. The Labute approximate surface area is 105 Å². The van der Waals surface area contributed by atoms with E-state index in [-0.39, 0.29) is 11.5 Å². The van der Waals surface area contributed by atoms with Crippen molar-refractivity contribution in [3.05, 3.63) is 43.3 Å². The maximum atomic E-state index is 11.4. The van der Waals surface area contributed by atoms with E-state index in [1.807, 2.05) is 0 Å². The standard InChI is InChI=1S/C11H10Br2O2/c12-8-6-9(13)11(14)15-10(8)7-4-2-1-3-5-7/h2,4,6-7H,1,3,5H2. The van der Waals surface area contributed by atoms with Crippen molar-refractivity contribution in [2.24, 2.45) is 0 Å². The van der Waals surface area contributed by atoms with E-state index in [1.54, 1.807) is 6.07 Å². The molecule has 0 fully saturated rings. The van der Waals surface area contributed by atoms with E-state index in [1.165, 1.54) is 0 Å². The smallest absolute Gasteiger partial charge is 0.350 e. The second kappa shape index (κ2) is 4.66. The van der Waals surface area contributed by atoms with Crippen LogP contribution in [0.25, 0.3) is 0 Å². The van der Waals surface area contributed by atoms with Gasteiger partial charge in [0, 0.05) is 5.92 Å². The molecular weight excluding hydrogens is 324 g/mol. The first-order valence-electron chi connectivity index (χ1n) is 4.84. The Kier molecular flexibility index (Phi) is 3.46. The molecule has 0 spiro atoms. The van der Waals surface area contributed by atoms with Gasteiger partial charge in [0.2, 0.25) is 0 Å². The molecule has 0 aromatic carbocycles. The first-order chi connectivity index (χ1) is 7.18. The van der Waals surface area contributed by atoms with E-state index in [4.69, 9.17) is 4.42 Å². The highest BCUT2D eigenvalue weighted by molar-refractivity contribution is 9.11. The number of allylic oxidation sites excluding steroid dienone is 2. The second-order valence-electron chi connectivity index (χ2n) is 3.56. The van der Waals surface area contributed by atoms with Gasteiger partial charge in [-0.15, -0.1) is 0 Å². The minimum absolute atomic E-state index is 0.230. The predicted octanol–water partition coefficient (Wildman–Crippen LogP) is 3.99. The van der Waals surface area contributed by atoms with Gasteiger partial charge in [-0.1, -0.05) is 12.2 Å². The van der Waals surface area contributed by atoms with Crippen molar-refractivity contribution in [3.63, 3.8) is 0 Å². The van der Waals surface area contributed by atoms with Crippen LogP contribution >= 0.6 is 31.9 Å². The first-order valence-corrected chi connectivity index (χ1v) is 6.43. The van der Waals surface area contributed by atoms with Gasteiger partial charge in [0.05, 0.1) is 4.47 Å². The Hall–Kier alpha value is -0.350. The van der Waals surface area contributed by atoms with E-state index in [9.17, 15) is 4.79 Å². The Morgan fingerprint density at radius 3 is 2.80 bits per heavy atom. The highest BCUT2D eigenvalue weighted by atomic mass is 79.9. The highest BCUT2D eigenvalue weighted by Gasteiger charge is 2.18. The fourth-order valence-electron chi connectivity index (χ4n) is 1.72. The number of hydrogen-bond acceptors (Lipinski definition) is 2. The van der Waals surface area contributed by atoms with E-state index in [0.717, 1.165) is 29.5 Å². The van der Waals surface area contributed by atoms with Crippen LogP contribution in [0.1, 0.15) is 30.9 Å². The summed E-state index contributed by atoms with van der Waals surface area (Å²) in [6, 6.07) is 1.75. The maximum absolute atomic E-state index is 11.4. The van der Waals surface area contributed by atoms with Crippen molar-refractivity contribution in [1.82, 2.24) is 0 Å². The molecule has 0 aliphatic heterocycles. The monoisotopic (exact) mass is 332 g/mol. The Bertz CT molecular complexity index is 448. The van der Waals surface area contributed by atoms with E-state index in [2.05, 4.69) is 44.0 Å². The van der Waals surface area contributed by atoms with Crippen molar-refractivity contribution >= 4 is 31.9 Å². The molecule has 1 atom stereocenters. The molecule has 15 heavy (non-hydrogen) atoms. The third kappa shape index (κ3) is 2.42. The zero-order valence-electron chi connectivity index (χ0n) is 8.00. The largest absolute Gasteiger partial charge is 0.425 e. The molecule has 0 bridgehead atoms. The van der Waals surface area contributed by atoms with Gasteiger partial charge in [0.25, 0.3) is 0 Å². The van der Waals surface area contributed by atoms with Gasteiger partial charge in [-0.2, -0.15) is 0 Å². The minimum atomic E-state index is -0.313. The summed E-state index contributed by atoms with van der Waals surface area (Å²) in [7, 11) is 0. The lowest BCUT2D eigenvalue weighted by atomic mass is 9.93. The Balaban J connectivity index is 2.43. The molecule has 2 rings (SSSR count). The quantitative estimate of drug-likeness (QED) is 0.727. The van der Waals surface area contributed by atoms with Crippen LogP contribution in [0.15, 0.2) is 36.4 Å². The van der Waals surface area contributed by atoms with Crippen molar-refractivity contribution in [1.29, 1.82) is 0 Å². The van der Waals surface area contributed by atoms with Crippen molar-refractivity contribution in [2.75, 3.05) is 0 Å². The van der Waals surface area contributed by atoms with Crippen LogP contribution in [0.4, 0.5) is 0 Å². The summed E-state index contributed by atoms with van der Waals surface area (Å²) in [6.07, 6.45) is 7.56.